The van der Waals surface area contributed by atoms with Gasteiger partial charge < -0.3 is 0 Å². The lowest BCUT2D eigenvalue weighted by Gasteiger charge is -1.48. The molecule has 1 aliphatic rings. The molecule has 1 atom stereocenters. The first kappa shape index (κ1) is 4.08. The van der Waals surface area contributed by atoms with Gasteiger partial charge in [-0.2, -0.15) is 8.42 Å². The molecule has 1 saturated heterocycles. The van der Waals surface area contributed by atoms with Crippen LogP contribution in [0.25, 0.3) is 0 Å². The van der Waals surface area contributed by atoms with Crippen molar-refractivity contribution in [1.29, 1.82) is 0 Å². The molecule has 0 saturated carbocycles. The van der Waals surface area contributed by atoms with E-state index < -0.39 is 15.6 Å². The van der Waals surface area contributed by atoms with Gasteiger partial charge in [-0.15, -0.1) is 0 Å². The number of hydrogen-bond donors (Lipinski definition) is 0. The molecule has 1 fully saturated rings. The zero-order valence-electron chi connectivity index (χ0n) is 3.21. The Bertz CT molecular complexity index is 144. The molecule has 6 heavy (non-hydrogen) atoms. The van der Waals surface area contributed by atoms with Crippen LogP contribution in [0, 0.1) is 0 Å². The van der Waals surface area contributed by atoms with E-state index in [9.17, 15) is 8.42 Å². The van der Waals surface area contributed by atoms with Crippen molar-refractivity contribution in [3.05, 3.63) is 0 Å². The lowest BCUT2D eigenvalue weighted by atomic mass is 10.9. The van der Waals surface area contributed by atoms with Gasteiger partial charge in [0.15, 0.2) is 0 Å². The molecule has 0 aromatic heterocycles. The molecule has 4 heteroatoms. The Labute approximate surface area is 36.0 Å². The van der Waals surface area contributed by atoms with E-state index in [4.69, 9.17) is 0 Å². The highest BCUT2D eigenvalue weighted by Crippen LogP contribution is 2.21. The van der Waals surface area contributed by atoms with Gasteiger partial charge in [0, 0.05) is 0 Å². The van der Waals surface area contributed by atoms with Crippen LogP contribution in [0.15, 0.2) is 0 Å². The summed E-state index contributed by atoms with van der Waals surface area (Å²) >= 11 is 0. The van der Waals surface area contributed by atoms with Crippen LogP contribution in [0.2, 0.25) is 0 Å². The maximum atomic E-state index is 9.85. The molecule has 1 heterocycles. The number of rotatable bonds is 0. The fraction of sp³-hybridized carbons (Fsp3) is 1.00. The summed E-state index contributed by atoms with van der Waals surface area (Å²) in [5.41, 5.74) is -0.530. The SMILES string of the molecule is CC1OS1(=O)=O. The normalized spacial score (nSPS) is 39.2. The van der Waals surface area contributed by atoms with Crippen LogP contribution in [-0.2, 0) is 14.3 Å². The quantitative estimate of drug-likeness (QED) is 0.400. The van der Waals surface area contributed by atoms with E-state index in [1.54, 1.807) is 0 Å². The molecule has 0 aromatic carbocycles. The highest BCUT2D eigenvalue weighted by molar-refractivity contribution is 7.92. The van der Waals surface area contributed by atoms with Gasteiger partial charge in [0.05, 0.1) is 0 Å². The zero-order chi connectivity index (χ0) is 4.78. The second-order valence-electron chi connectivity index (χ2n) is 1.16. The van der Waals surface area contributed by atoms with E-state index in [1.807, 2.05) is 0 Å². The fourth-order valence-electron chi connectivity index (χ4n) is 0.166. The first-order valence-corrected chi connectivity index (χ1v) is 3.02. The van der Waals surface area contributed by atoms with Crippen molar-refractivity contribution >= 4 is 10.1 Å². The highest BCUT2D eigenvalue weighted by atomic mass is 32.2. The van der Waals surface area contributed by atoms with E-state index in [2.05, 4.69) is 4.18 Å². The van der Waals surface area contributed by atoms with Crippen molar-refractivity contribution in [2.75, 3.05) is 0 Å². The van der Waals surface area contributed by atoms with Gasteiger partial charge in [-0.25, -0.2) is 4.18 Å². The summed E-state index contributed by atoms with van der Waals surface area (Å²) in [4.78, 5) is 0. The molecule has 0 amide bonds. The average molecular weight is 108 g/mol. The van der Waals surface area contributed by atoms with Crippen molar-refractivity contribution < 1.29 is 12.6 Å². The largest absolute Gasteiger partial charge is 0.297 e. The van der Waals surface area contributed by atoms with Crippen LogP contribution in [0.5, 0.6) is 0 Å². The topological polar surface area (TPSA) is 46.7 Å². The van der Waals surface area contributed by atoms with Crippen molar-refractivity contribution in [3.63, 3.8) is 0 Å². The third-order valence-corrected chi connectivity index (χ3v) is 1.91. The third-order valence-electron chi connectivity index (χ3n) is 0.638. The Balaban J connectivity index is 2.92. The maximum Gasteiger partial charge on any atom is 0.297 e. The van der Waals surface area contributed by atoms with Gasteiger partial charge in [-0.3, -0.25) is 0 Å². The van der Waals surface area contributed by atoms with E-state index in [-0.39, 0.29) is 0 Å². The second kappa shape index (κ2) is 0.764. The van der Waals surface area contributed by atoms with Gasteiger partial charge in [-0.1, -0.05) is 0 Å². The van der Waals surface area contributed by atoms with E-state index in [0.717, 1.165) is 0 Å². The van der Waals surface area contributed by atoms with Crippen molar-refractivity contribution in [3.8, 4) is 0 Å². The van der Waals surface area contributed by atoms with Crippen LogP contribution < -0.4 is 0 Å². The van der Waals surface area contributed by atoms with Gasteiger partial charge in [-0.05, 0) is 6.92 Å². The summed E-state index contributed by atoms with van der Waals surface area (Å²) in [5.74, 6) is 0. The van der Waals surface area contributed by atoms with Gasteiger partial charge in [0.1, 0.15) is 0 Å². The molecule has 0 radical (unpaired) electrons. The maximum absolute atomic E-state index is 9.85. The van der Waals surface area contributed by atoms with Crippen LogP contribution in [0.1, 0.15) is 6.92 Å². The Morgan fingerprint density at radius 3 is 1.83 bits per heavy atom. The molecule has 36 valence electrons. The molecular formula is C2H4O3S. The summed E-state index contributed by atoms with van der Waals surface area (Å²) in [7, 11) is -3.00. The molecule has 1 unspecified atom stereocenters. The van der Waals surface area contributed by atoms with E-state index >= 15 is 0 Å². The predicted octanol–water partition coefficient (Wildman–Crippen LogP) is -0.308. The van der Waals surface area contributed by atoms with Gasteiger partial charge in [0.25, 0.3) is 10.1 Å². The molecule has 0 aliphatic carbocycles. The third kappa shape index (κ3) is 0.417. The Morgan fingerprint density at radius 2 is 1.83 bits per heavy atom. The average Bonchev–Trinajstić information content (AvgIpc) is 1.73. The van der Waals surface area contributed by atoms with Crippen LogP contribution in [0.4, 0.5) is 0 Å². The monoisotopic (exact) mass is 108 g/mol. The molecule has 1 rings (SSSR count). The summed E-state index contributed by atoms with van der Waals surface area (Å²) in [6.45, 7) is 1.50. The smallest absolute Gasteiger partial charge is 0.246 e. The summed E-state index contributed by atoms with van der Waals surface area (Å²) in [6, 6.07) is 0. The molecule has 1 aliphatic heterocycles. The highest BCUT2D eigenvalue weighted by Gasteiger charge is 2.40. The van der Waals surface area contributed by atoms with E-state index in [1.165, 1.54) is 6.92 Å². The molecular weight excluding hydrogens is 104 g/mol. The Kier molecular flexibility index (Phi) is 0.520. The first-order valence-electron chi connectivity index (χ1n) is 1.55. The molecule has 0 spiro atoms. The first-order chi connectivity index (χ1) is 2.63. The summed E-state index contributed by atoms with van der Waals surface area (Å²) < 4.78 is 23.8. The summed E-state index contributed by atoms with van der Waals surface area (Å²) in [6.07, 6.45) is 0. The molecule has 0 bridgehead atoms. The molecule has 0 aromatic rings. The number of hydrogen-bond acceptors (Lipinski definition) is 3. The summed E-state index contributed by atoms with van der Waals surface area (Å²) in [5, 5.41) is 0. The van der Waals surface area contributed by atoms with Gasteiger partial charge in [0.2, 0.25) is 5.44 Å². The molecule has 0 N–H and O–H groups in total. The Hall–Kier alpha value is -0.0900. The predicted molar refractivity (Wildman–Crippen MR) is 19.5 cm³/mol. The van der Waals surface area contributed by atoms with Crippen LogP contribution >= 0.6 is 0 Å². The van der Waals surface area contributed by atoms with E-state index in [0.29, 0.717) is 0 Å². The van der Waals surface area contributed by atoms with Crippen LogP contribution in [0.3, 0.4) is 0 Å². The Morgan fingerprint density at radius 1 is 1.67 bits per heavy atom. The lowest BCUT2D eigenvalue weighted by molar-refractivity contribution is 0.463. The van der Waals surface area contributed by atoms with Crippen molar-refractivity contribution in [1.82, 2.24) is 0 Å². The zero-order valence-corrected chi connectivity index (χ0v) is 4.03. The minimum Gasteiger partial charge on any atom is -0.246 e. The van der Waals surface area contributed by atoms with Crippen molar-refractivity contribution in [2.45, 2.75) is 12.4 Å². The second-order valence-corrected chi connectivity index (χ2v) is 3.00. The fourth-order valence-corrected chi connectivity index (χ4v) is 0.691. The lowest BCUT2D eigenvalue weighted by Crippen LogP contribution is -1.73. The minimum atomic E-state index is -3.00. The molecule has 3 nitrogen and oxygen atoms in total. The standard InChI is InChI=1S/C2H4O3S/c1-2-5-6(2,3)4/h2H,1H3. The minimum absolute atomic E-state index is 0.530. The van der Waals surface area contributed by atoms with Crippen LogP contribution in [-0.4, -0.2) is 13.9 Å². The van der Waals surface area contributed by atoms with Crippen molar-refractivity contribution in [2.24, 2.45) is 0 Å². The van der Waals surface area contributed by atoms with Gasteiger partial charge >= 0.3 is 0 Å².